The zero-order valence-electron chi connectivity index (χ0n) is 22.9. The van der Waals surface area contributed by atoms with E-state index in [2.05, 4.69) is 0 Å². The summed E-state index contributed by atoms with van der Waals surface area (Å²) in [5.41, 5.74) is 2.77. The number of hydrogen-bond donors (Lipinski definition) is 1. The molecule has 224 valence electrons. The SMILES string of the molecule is CC(=O)OC1[C@H](OC(=N)C(Cl)(Cl)Cl)OC(COCc2ccccc2)[C@@H](OCc2ccccc2)[C@H]1OCc1ccccc1. The lowest BCUT2D eigenvalue weighted by atomic mass is 9.98. The smallest absolute Gasteiger partial charge is 0.303 e. The highest BCUT2D eigenvalue weighted by molar-refractivity contribution is 6.76. The summed E-state index contributed by atoms with van der Waals surface area (Å²) in [4.78, 5) is 12.3. The average molecular weight is 637 g/mol. The number of rotatable bonds is 12. The fourth-order valence-corrected chi connectivity index (χ4v) is 4.53. The summed E-state index contributed by atoms with van der Waals surface area (Å²) in [5, 5.41) is 8.17. The van der Waals surface area contributed by atoms with E-state index in [1.165, 1.54) is 6.92 Å². The van der Waals surface area contributed by atoms with Gasteiger partial charge in [0.2, 0.25) is 12.2 Å². The van der Waals surface area contributed by atoms with Gasteiger partial charge in [0, 0.05) is 6.92 Å². The molecule has 0 saturated carbocycles. The van der Waals surface area contributed by atoms with Gasteiger partial charge < -0.3 is 28.4 Å². The molecule has 1 saturated heterocycles. The fourth-order valence-electron chi connectivity index (χ4n) is 4.40. The van der Waals surface area contributed by atoms with E-state index >= 15 is 0 Å². The van der Waals surface area contributed by atoms with Crippen molar-refractivity contribution >= 4 is 46.7 Å². The second-order valence-corrected chi connectivity index (χ2v) is 11.9. The molecular formula is C31H32Cl3NO7. The Bertz CT molecular complexity index is 1260. The number of carbonyl (C=O) groups is 1. The molecule has 8 nitrogen and oxygen atoms in total. The molecule has 1 heterocycles. The third kappa shape index (κ3) is 9.67. The van der Waals surface area contributed by atoms with Crippen LogP contribution in [0.5, 0.6) is 0 Å². The topological polar surface area (TPSA) is 96.3 Å². The van der Waals surface area contributed by atoms with Crippen molar-refractivity contribution in [1.82, 2.24) is 0 Å². The van der Waals surface area contributed by atoms with Crippen molar-refractivity contribution in [3.05, 3.63) is 108 Å². The maximum Gasteiger partial charge on any atom is 0.303 e. The lowest BCUT2D eigenvalue weighted by Crippen LogP contribution is -2.62. The van der Waals surface area contributed by atoms with Gasteiger partial charge in [-0.15, -0.1) is 0 Å². The molecule has 5 atom stereocenters. The van der Waals surface area contributed by atoms with Crippen molar-refractivity contribution < 1.29 is 33.2 Å². The molecule has 0 spiro atoms. The molecule has 0 aromatic heterocycles. The molecule has 0 radical (unpaired) electrons. The van der Waals surface area contributed by atoms with E-state index in [4.69, 9.17) is 68.6 Å². The summed E-state index contributed by atoms with van der Waals surface area (Å²) < 4.78 is 34.2. The van der Waals surface area contributed by atoms with Crippen LogP contribution in [0.4, 0.5) is 0 Å². The summed E-state index contributed by atoms with van der Waals surface area (Å²) in [6, 6.07) is 28.8. The quantitative estimate of drug-likeness (QED) is 0.106. The molecule has 4 rings (SSSR count). The number of hydrogen-bond acceptors (Lipinski definition) is 8. The highest BCUT2D eigenvalue weighted by atomic mass is 35.6. The minimum absolute atomic E-state index is 0.0628. The van der Waals surface area contributed by atoms with Crippen molar-refractivity contribution in [2.24, 2.45) is 0 Å². The minimum atomic E-state index is -2.18. The molecule has 1 aliphatic heterocycles. The van der Waals surface area contributed by atoms with Gasteiger partial charge in [0.25, 0.3) is 3.79 Å². The number of halogens is 3. The Morgan fingerprint density at radius 3 is 1.69 bits per heavy atom. The van der Waals surface area contributed by atoms with Gasteiger partial charge in [0.1, 0.15) is 18.3 Å². The first-order chi connectivity index (χ1) is 20.2. The lowest BCUT2D eigenvalue weighted by molar-refractivity contribution is -0.305. The van der Waals surface area contributed by atoms with Crippen LogP contribution in [0.1, 0.15) is 23.6 Å². The van der Waals surface area contributed by atoms with Crippen molar-refractivity contribution in [2.45, 2.75) is 61.2 Å². The number of alkyl halides is 3. The fraction of sp³-hybridized carbons (Fsp3) is 0.355. The average Bonchev–Trinajstić information content (AvgIpc) is 2.97. The number of benzene rings is 3. The summed E-state index contributed by atoms with van der Waals surface area (Å²) in [6.45, 7) is 2.01. The third-order valence-corrected chi connectivity index (χ3v) is 6.86. The van der Waals surface area contributed by atoms with Crippen LogP contribution < -0.4 is 0 Å². The van der Waals surface area contributed by atoms with E-state index in [1.54, 1.807) is 0 Å². The van der Waals surface area contributed by atoms with Crippen molar-refractivity contribution in [2.75, 3.05) is 6.61 Å². The zero-order chi connectivity index (χ0) is 30.0. The number of nitrogens with one attached hydrogen (secondary N) is 1. The molecule has 11 heteroatoms. The molecule has 1 aliphatic rings. The summed E-state index contributed by atoms with van der Waals surface area (Å²) in [5.74, 6) is -1.32. The van der Waals surface area contributed by atoms with Crippen LogP contribution in [0.25, 0.3) is 0 Å². The molecule has 42 heavy (non-hydrogen) atoms. The molecule has 0 bridgehead atoms. The van der Waals surface area contributed by atoms with Gasteiger partial charge in [-0.3, -0.25) is 10.2 Å². The molecular weight excluding hydrogens is 605 g/mol. The van der Waals surface area contributed by atoms with E-state index in [9.17, 15) is 4.79 Å². The Hall–Kier alpha value is -2.69. The van der Waals surface area contributed by atoms with Crippen LogP contribution in [-0.2, 0) is 53.0 Å². The van der Waals surface area contributed by atoms with Gasteiger partial charge in [-0.1, -0.05) is 126 Å². The Balaban J connectivity index is 1.64. The number of carbonyl (C=O) groups excluding carboxylic acids is 1. The van der Waals surface area contributed by atoms with Crippen molar-refractivity contribution in [1.29, 1.82) is 5.41 Å². The van der Waals surface area contributed by atoms with Crippen LogP contribution in [0, 0.1) is 5.41 Å². The second kappa shape index (κ2) is 15.7. The summed E-state index contributed by atoms with van der Waals surface area (Å²) >= 11 is 17.7. The van der Waals surface area contributed by atoms with Gasteiger partial charge in [-0.05, 0) is 16.7 Å². The Morgan fingerprint density at radius 1 is 0.738 bits per heavy atom. The van der Waals surface area contributed by atoms with E-state index in [0.717, 1.165) is 16.7 Å². The number of ether oxygens (including phenoxy) is 6. The van der Waals surface area contributed by atoms with E-state index < -0.39 is 46.4 Å². The number of esters is 1. The van der Waals surface area contributed by atoms with Crippen LogP contribution in [0.2, 0.25) is 0 Å². The largest absolute Gasteiger partial charge is 0.453 e. The van der Waals surface area contributed by atoms with E-state index in [-0.39, 0.29) is 19.8 Å². The zero-order valence-corrected chi connectivity index (χ0v) is 25.1. The van der Waals surface area contributed by atoms with Gasteiger partial charge in [-0.25, -0.2) is 0 Å². The first-order valence-corrected chi connectivity index (χ1v) is 14.4. The molecule has 1 N–H and O–H groups in total. The standard InChI is InChI=1S/C31H32Cl3NO7/c1-21(36)40-28-27(39-19-24-15-9-4-10-16-24)26(38-18-23-13-7-3-8-14-23)25(20-37-17-22-11-5-2-6-12-22)41-29(28)42-30(35)31(32,33)34/h2-16,25-29,35H,17-20H2,1H3/t25?,26-,27-,28?,29+/m1/s1. The molecule has 2 unspecified atom stereocenters. The van der Waals surface area contributed by atoms with Gasteiger partial charge in [-0.2, -0.15) is 0 Å². The van der Waals surface area contributed by atoms with Gasteiger partial charge in [0.15, 0.2) is 6.10 Å². The summed E-state index contributed by atoms with van der Waals surface area (Å²) in [7, 11) is 0. The lowest BCUT2D eigenvalue weighted by Gasteiger charge is -2.45. The predicted molar refractivity (Wildman–Crippen MR) is 159 cm³/mol. The molecule has 0 aliphatic carbocycles. The van der Waals surface area contributed by atoms with Crippen molar-refractivity contribution in [3.63, 3.8) is 0 Å². The van der Waals surface area contributed by atoms with Crippen LogP contribution >= 0.6 is 34.8 Å². The Kier molecular flexibility index (Phi) is 12.0. The maximum absolute atomic E-state index is 12.3. The highest BCUT2D eigenvalue weighted by Crippen LogP contribution is 2.34. The van der Waals surface area contributed by atoms with Gasteiger partial charge in [0.05, 0.1) is 26.4 Å². The predicted octanol–water partition coefficient (Wildman–Crippen LogP) is 6.39. The van der Waals surface area contributed by atoms with Crippen LogP contribution in [0.3, 0.4) is 0 Å². The summed E-state index contributed by atoms with van der Waals surface area (Å²) in [6.07, 6.45) is -5.01. The van der Waals surface area contributed by atoms with Crippen LogP contribution in [0.15, 0.2) is 91.0 Å². The Morgan fingerprint density at radius 2 is 1.21 bits per heavy atom. The first kappa shape index (κ1) is 32.2. The molecule has 0 amide bonds. The molecule has 3 aromatic rings. The van der Waals surface area contributed by atoms with E-state index in [1.807, 2.05) is 91.0 Å². The van der Waals surface area contributed by atoms with Crippen LogP contribution in [-0.4, -0.2) is 53.0 Å². The normalized spacial score (nSPS) is 22.3. The first-order valence-electron chi connectivity index (χ1n) is 13.3. The highest BCUT2D eigenvalue weighted by Gasteiger charge is 2.52. The monoisotopic (exact) mass is 635 g/mol. The minimum Gasteiger partial charge on any atom is -0.453 e. The third-order valence-electron chi connectivity index (χ3n) is 6.35. The van der Waals surface area contributed by atoms with E-state index in [0.29, 0.717) is 6.61 Å². The van der Waals surface area contributed by atoms with Crippen molar-refractivity contribution in [3.8, 4) is 0 Å². The molecule has 1 fully saturated rings. The van der Waals surface area contributed by atoms with Gasteiger partial charge >= 0.3 is 5.97 Å². The molecule has 3 aromatic carbocycles. The Labute approximate surface area is 260 Å². The second-order valence-electron chi connectivity index (χ2n) is 9.58. The maximum atomic E-state index is 12.3.